The Morgan fingerprint density at radius 1 is 1.50 bits per heavy atom. The van der Waals surface area contributed by atoms with Crippen LogP contribution in [0.3, 0.4) is 0 Å². The predicted octanol–water partition coefficient (Wildman–Crippen LogP) is 1.14. The molecule has 6 heavy (non-hydrogen) atoms. The minimum Gasteiger partial charge on any atom is -0.253 e. The fourth-order valence-corrected chi connectivity index (χ4v) is 0.527. The molecule has 37 valence electrons. The average Bonchev–Trinajstić information content (AvgIpc) is 1.76. The maximum Gasteiger partial charge on any atom is 0.0791 e. The van der Waals surface area contributed by atoms with E-state index in [0.717, 1.165) is 0 Å². The van der Waals surface area contributed by atoms with Gasteiger partial charge in [0.25, 0.3) is 0 Å². The van der Waals surface area contributed by atoms with Gasteiger partial charge in [0.2, 0.25) is 0 Å². The molecule has 1 nitrogen and oxygen atoms in total. The molecule has 1 aromatic heterocycles. The fourth-order valence-electron chi connectivity index (χ4n) is 0.176. The van der Waals surface area contributed by atoms with Crippen LogP contribution in [0.5, 0.6) is 0 Å². The van der Waals surface area contributed by atoms with Crippen LogP contribution in [0.2, 0.25) is 0 Å². The minimum absolute atomic E-state index is 0. The molecule has 0 unspecified atom stereocenters. The summed E-state index contributed by atoms with van der Waals surface area (Å²) in [6.07, 6.45) is 1.77. The molecular formula is C3H3AuNS. The van der Waals surface area contributed by atoms with E-state index in [4.69, 9.17) is 0 Å². The summed E-state index contributed by atoms with van der Waals surface area (Å²) in [6, 6.07) is 0. The van der Waals surface area contributed by atoms with Crippen molar-refractivity contribution in [2.45, 2.75) is 0 Å². The van der Waals surface area contributed by atoms with Gasteiger partial charge in [0, 0.05) is 34.0 Å². The molecule has 0 bridgehead atoms. The molecule has 1 rings (SSSR count). The monoisotopic (exact) mass is 282 g/mol. The Kier molecular flexibility index (Phi) is 3.78. The topological polar surface area (TPSA) is 12.9 Å². The number of hydrogen-bond acceptors (Lipinski definition) is 2. The van der Waals surface area contributed by atoms with Gasteiger partial charge >= 0.3 is 0 Å². The quantitative estimate of drug-likeness (QED) is 0.650. The first kappa shape index (κ1) is 6.37. The molecule has 0 amide bonds. The van der Waals surface area contributed by atoms with Crippen molar-refractivity contribution in [1.82, 2.24) is 4.98 Å². The molecule has 0 fully saturated rings. The van der Waals surface area contributed by atoms with E-state index >= 15 is 0 Å². The number of hydrogen-bond donors (Lipinski definition) is 0. The molecular weight excluding hydrogens is 279 g/mol. The van der Waals surface area contributed by atoms with E-state index in [-0.39, 0.29) is 22.4 Å². The van der Waals surface area contributed by atoms with Crippen LogP contribution in [-0.2, 0) is 22.4 Å². The van der Waals surface area contributed by atoms with Crippen molar-refractivity contribution in [2.24, 2.45) is 0 Å². The third kappa shape index (κ3) is 1.72. The van der Waals surface area contributed by atoms with Crippen molar-refractivity contribution < 1.29 is 22.4 Å². The Labute approximate surface area is 55.9 Å². The standard InChI is InChI=1S/C3H3NS.Au/c1-2-5-3-4-1;/h1-3H;. The van der Waals surface area contributed by atoms with Crippen LogP contribution in [-0.4, -0.2) is 4.98 Å². The average molecular weight is 282 g/mol. The maximum atomic E-state index is 3.74. The molecule has 0 aliphatic carbocycles. The van der Waals surface area contributed by atoms with Crippen molar-refractivity contribution in [1.29, 1.82) is 0 Å². The van der Waals surface area contributed by atoms with Gasteiger partial charge in [0.1, 0.15) is 0 Å². The van der Waals surface area contributed by atoms with Gasteiger partial charge in [-0.15, -0.1) is 11.3 Å². The Balaban J connectivity index is 0.000000250. The van der Waals surface area contributed by atoms with E-state index in [1.54, 1.807) is 23.0 Å². The minimum atomic E-state index is 0. The number of nitrogens with zero attached hydrogens (tertiary/aromatic N) is 1. The summed E-state index contributed by atoms with van der Waals surface area (Å²) in [4.78, 5) is 3.74. The molecule has 1 aromatic rings. The normalized spacial score (nSPS) is 6.67. The van der Waals surface area contributed by atoms with Crippen LogP contribution in [0.25, 0.3) is 0 Å². The second-order valence-electron chi connectivity index (χ2n) is 0.676. The molecule has 0 spiro atoms. The summed E-state index contributed by atoms with van der Waals surface area (Å²) in [7, 11) is 0. The molecule has 0 aliphatic rings. The van der Waals surface area contributed by atoms with Crippen LogP contribution in [0.4, 0.5) is 0 Å². The van der Waals surface area contributed by atoms with E-state index in [1.807, 2.05) is 5.38 Å². The zero-order chi connectivity index (χ0) is 3.54. The van der Waals surface area contributed by atoms with Crippen LogP contribution in [0.15, 0.2) is 17.1 Å². The van der Waals surface area contributed by atoms with Crippen LogP contribution in [0, 0.1) is 0 Å². The molecule has 0 aromatic carbocycles. The second-order valence-corrected chi connectivity index (χ2v) is 1.43. The summed E-state index contributed by atoms with van der Waals surface area (Å²) in [5, 5.41) is 1.93. The molecule has 0 saturated carbocycles. The Morgan fingerprint density at radius 3 is 2.50 bits per heavy atom. The van der Waals surface area contributed by atoms with E-state index in [0.29, 0.717) is 0 Å². The summed E-state index contributed by atoms with van der Waals surface area (Å²) >= 11 is 1.60. The SMILES string of the molecule is [Au].c1cscn1. The van der Waals surface area contributed by atoms with Gasteiger partial charge in [-0.2, -0.15) is 0 Å². The number of aromatic nitrogens is 1. The molecule has 0 aliphatic heterocycles. The zero-order valence-corrected chi connectivity index (χ0v) is 5.87. The third-order valence-electron chi connectivity index (χ3n) is 0.347. The van der Waals surface area contributed by atoms with Crippen molar-refractivity contribution in [3.8, 4) is 0 Å². The molecule has 0 N–H and O–H groups in total. The summed E-state index contributed by atoms with van der Waals surface area (Å²) in [5.41, 5.74) is 1.79. The summed E-state index contributed by atoms with van der Waals surface area (Å²) in [6.45, 7) is 0. The van der Waals surface area contributed by atoms with E-state index in [1.165, 1.54) is 0 Å². The Bertz CT molecular complexity index is 67.3. The zero-order valence-electron chi connectivity index (χ0n) is 2.89. The van der Waals surface area contributed by atoms with E-state index in [2.05, 4.69) is 4.98 Å². The van der Waals surface area contributed by atoms with Crippen molar-refractivity contribution in [2.75, 3.05) is 0 Å². The smallest absolute Gasteiger partial charge is 0.0791 e. The summed E-state index contributed by atoms with van der Waals surface area (Å²) < 4.78 is 0. The Morgan fingerprint density at radius 2 is 2.33 bits per heavy atom. The summed E-state index contributed by atoms with van der Waals surface area (Å²) in [5.74, 6) is 0. The van der Waals surface area contributed by atoms with Gasteiger partial charge in [-0.25, -0.2) is 0 Å². The first-order chi connectivity index (χ1) is 2.50. The van der Waals surface area contributed by atoms with Crippen LogP contribution < -0.4 is 0 Å². The molecule has 1 radical (unpaired) electrons. The van der Waals surface area contributed by atoms with Gasteiger partial charge in [0.05, 0.1) is 5.51 Å². The molecule has 0 atom stereocenters. The first-order valence-electron chi connectivity index (χ1n) is 1.32. The fraction of sp³-hybridized carbons (Fsp3) is 0. The molecule has 3 heteroatoms. The van der Waals surface area contributed by atoms with Crippen molar-refractivity contribution in [3.63, 3.8) is 0 Å². The van der Waals surface area contributed by atoms with Crippen molar-refractivity contribution in [3.05, 3.63) is 17.1 Å². The van der Waals surface area contributed by atoms with Crippen molar-refractivity contribution >= 4 is 11.3 Å². The van der Waals surface area contributed by atoms with Gasteiger partial charge in [-0.3, -0.25) is 4.98 Å². The van der Waals surface area contributed by atoms with Gasteiger partial charge < -0.3 is 0 Å². The van der Waals surface area contributed by atoms with Gasteiger partial charge in [0.15, 0.2) is 0 Å². The molecule has 0 saturated heterocycles. The van der Waals surface area contributed by atoms with Gasteiger partial charge in [-0.05, 0) is 0 Å². The first-order valence-corrected chi connectivity index (χ1v) is 2.26. The second kappa shape index (κ2) is 3.56. The molecule has 1 heterocycles. The predicted molar refractivity (Wildman–Crippen MR) is 22.1 cm³/mol. The van der Waals surface area contributed by atoms with Crippen LogP contribution >= 0.6 is 11.3 Å². The van der Waals surface area contributed by atoms with Gasteiger partial charge in [-0.1, -0.05) is 0 Å². The number of thiazole rings is 1. The Hall–Kier alpha value is 0.370. The maximum absolute atomic E-state index is 3.74. The van der Waals surface area contributed by atoms with E-state index in [9.17, 15) is 0 Å². The third-order valence-corrected chi connectivity index (χ3v) is 0.869. The largest absolute Gasteiger partial charge is 0.253 e. The number of rotatable bonds is 0. The van der Waals surface area contributed by atoms with Crippen LogP contribution in [0.1, 0.15) is 0 Å². The van der Waals surface area contributed by atoms with E-state index < -0.39 is 0 Å².